The summed E-state index contributed by atoms with van der Waals surface area (Å²) in [5.74, 6) is 0.354. The highest BCUT2D eigenvalue weighted by Gasteiger charge is 2.12. The average Bonchev–Trinajstić information content (AvgIpc) is 3.36. The molecule has 0 spiro atoms. The van der Waals surface area contributed by atoms with Gasteiger partial charge in [0.1, 0.15) is 12.4 Å². The van der Waals surface area contributed by atoms with Gasteiger partial charge < -0.3 is 9.47 Å². The van der Waals surface area contributed by atoms with Gasteiger partial charge in [-0.25, -0.2) is 9.48 Å². The van der Waals surface area contributed by atoms with Crippen molar-refractivity contribution in [1.82, 2.24) is 9.78 Å². The van der Waals surface area contributed by atoms with Gasteiger partial charge in [-0.3, -0.25) is 0 Å². The number of aromatic nitrogens is 2. The van der Waals surface area contributed by atoms with Crippen LogP contribution in [0.1, 0.15) is 23.1 Å². The lowest BCUT2D eigenvalue weighted by atomic mass is 10.1. The van der Waals surface area contributed by atoms with E-state index in [9.17, 15) is 4.79 Å². The molecule has 2 aromatic carbocycles. The SMILES string of the molecule is O=C(COc1ccc2c(c1)CCC2)OCc1ccc(-n2cccn2)cc1. The van der Waals surface area contributed by atoms with Crippen LogP contribution < -0.4 is 4.74 Å². The second-order valence-electron chi connectivity index (χ2n) is 6.35. The third-order valence-corrected chi connectivity index (χ3v) is 4.53. The first-order chi connectivity index (χ1) is 12.8. The van der Waals surface area contributed by atoms with E-state index in [0.29, 0.717) is 0 Å². The Hall–Kier alpha value is -3.08. The second-order valence-corrected chi connectivity index (χ2v) is 6.35. The van der Waals surface area contributed by atoms with Gasteiger partial charge in [0.05, 0.1) is 5.69 Å². The lowest BCUT2D eigenvalue weighted by molar-refractivity contribution is -0.147. The Bertz CT molecular complexity index is 886. The normalized spacial score (nSPS) is 12.6. The van der Waals surface area contributed by atoms with E-state index < -0.39 is 0 Å². The fourth-order valence-corrected chi connectivity index (χ4v) is 3.15. The molecule has 0 unspecified atom stereocenters. The van der Waals surface area contributed by atoms with Crippen molar-refractivity contribution in [3.8, 4) is 11.4 Å². The summed E-state index contributed by atoms with van der Waals surface area (Å²) in [7, 11) is 0. The van der Waals surface area contributed by atoms with Gasteiger partial charge in [-0.15, -0.1) is 0 Å². The van der Waals surface area contributed by atoms with Crippen LogP contribution in [-0.4, -0.2) is 22.4 Å². The molecule has 1 aliphatic rings. The molecule has 0 bridgehead atoms. The Labute approximate surface area is 152 Å². The van der Waals surface area contributed by atoms with E-state index in [2.05, 4.69) is 11.2 Å². The van der Waals surface area contributed by atoms with Gasteiger partial charge in [0, 0.05) is 12.4 Å². The number of fused-ring (bicyclic) bond motifs is 1. The molecule has 26 heavy (non-hydrogen) atoms. The molecule has 0 atom stereocenters. The predicted octanol–water partition coefficient (Wildman–Crippen LogP) is 3.48. The van der Waals surface area contributed by atoms with E-state index in [1.165, 1.54) is 17.5 Å². The summed E-state index contributed by atoms with van der Waals surface area (Å²) in [5, 5.41) is 4.18. The zero-order valence-corrected chi connectivity index (χ0v) is 14.4. The molecule has 132 valence electrons. The molecule has 0 aliphatic heterocycles. The summed E-state index contributed by atoms with van der Waals surface area (Å²) in [6.45, 7) is 0.149. The summed E-state index contributed by atoms with van der Waals surface area (Å²) in [5.41, 5.74) is 4.60. The first kappa shape index (κ1) is 16.4. The first-order valence-electron chi connectivity index (χ1n) is 8.77. The number of carbonyl (C=O) groups is 1. The van der Waals surface area contributed by atoms with Crippen LogP contribution in [0.15, 0.2) is 60.9 Å². The molecule has 0 saturated carbocycles. The van der Waals surface area contributed by atoms with Crippen LogP contribution in [0.5, 0.6) is 5.75 Å². The quantitative estimate of drug-likeness (QED) is 0.640. The molecule has 3 aromatic rings. The molecule has 0 radical (unpaired) electrons. The number of ether oxygens (including phenoxy) is 2. The summed E-state index contributed by atoms with van der Waals surface area (Å²) >= 11 is 0. The largest absolute Gasteiger partial charge is 0.482 e. The predicted molar refractivity (Wildman–Crippen MR) is 97.3 cm³/mol. The number of nitrogens with zero attached hydrogens (tertiary/aromatic N) is 2. The smallest absolute Gasteiger partial charge is 0.344 e. The third kappa shape index (κ3) is 3.77. The topological polar surface area (TPSA) is 53.4 Å². The van der Waals surface area contributed by atoms with Crippen molar-refractivity contribution in [2.24, 2.45) is 0 Å². The van der Waals surface area contributed by atoms with E-state index >= 15 is 0 Å². The van der Waals surface area contributed by atoms with E-state index in [0.717, 1.165) is 29.8 Å². The van der Waals surface area contributed by atoms with Crippen LogP contribution in [0.2, 0.25) is 0 Å². The van der Waals surface area contributed by atoms with Crippen molar-refractivity contribution >= 4 is 5.97 Å². The summed E-state index contributed by atoms with van der Waals surface area (Å²) in [6.07, 6.45) is 7.03. The van der Waals surface area contributed by atoms with Crippen LogP contribution in [-0.2, 0) is 29.0 Å². The van der Waals surface area contributed by atoms with Crippen molar-refractivity contribution < 1.29 is 14.3 Å². The van der Waals surface area contributed by atoms with Gasteiger partial charge in [-0.1, -0.05) is 18.2 Å². The van der Waals surface area contributed by atoms with E-state index in [-0.39, 0.29) is 19.2 Å². The van der Waals surface area contributed by atoms with Gasteiger partial charge in [0.2, 0.25) is 0 Å². The van der Waals surface area contributed by atoms with Crippen molar-refractivity contribution in [3.63, 3.8) is 0 Å². The van der Waals surface area contributed by atoms with Gasteiger partial charge in [0.25, 0.3) is 0 Å². The zero-order valence-electron chi connectivity index (χ0n) is 14.4. The van der Waals surface area contributed by atoms with Gasteiger partial charge in [-0.05, 0) is 66.3 Å². The van der Waals surface area contributed by atoms with Crippen LogP contribution in [0.4, 0.5) is 0 Å². The molecule has 1 heterocycles. The van der Waals surface area contributed by atoms with E-state index in [1.54, 1.807) is 10.9 Å². The standard InChI is InChI=1S/C21H20N2O3/c24-21(15-25-20-10-7-17-3-1-4-18(17)13-20)26-14-16-5-8-19(9-6-16)23-12-2-11-22-23/h2,5-13H,1,3-4,14-15H2. The minimum absolute atomic E-state index is 0.0792. The van der Waals surface area contributed by atoms with Crippen molar-refractivity contribution in [1.29, 1.82) is 0 Å². The molecule has 5 heteroatoms. The first-order valence-corrected chi connectivity index (χ1v) is 8.77. The number of benzene rings is 2. The van der Waals surface area contributed by atoms with Crippen molar-refractivity contribution in [2.75, 3.05) is 6.61 Å². The van der Waals surface area contributed by atoms with Gasteiger partial charge in [-0.2, -0.15) is 5.10 Å². The Balaban J connectivity index is 1.26. The van der Waals surface area contributed by atoms with Crippen LogP contribution in [0.3, 0.4) is 0 Å². The summed E-state index contributed by atoms with van der Waals surface area (Å²) in [6, 6.07) is 15.6. The highest BCUT2D eigenvalue weighted by atomic mass is 16.6. The lowest BCUT2D eigenvalue weighted by Gasteiger charge is -2.09. The second kappa shape index (κ2) is 7.44. The van der Waals surface area contributed by atoms with Crippen LogP contribution in [0, 0.1) is 0 Å². The molecular weight excluding hydrogens is 328 g/mol. The maximum Gasteiger partial charge on any atom is 0.344 e. The zero-order chi connectivity index (χ0) is 17.8. The molecule has 1 aliphatic carbocycles. The number of rotatable bonds is 6. The molecule has 1 aromatic heterocycles. The third-order valence-electron chi connectivity index (χ3n) is 4.53. The molecule has 0 amide bonds. The van der Waals surface area contributed by atoms with Crippen LogP contribution in [0.25, 0.3) is 5.69 Å². The molecule has 4 rings (SSSR count). The molecule has 0 saturated heterocycles. The molecule has 0 N–H and O–H groups in total. The summed E-state index contributed by atoms with van der Waals surface area (Å²) in [4.78, 5) is 11.9. The molecule has 5 nitrogen and oxygen atoms in total. The van der Waals surface area contributed by atoms with Crippen molar-refractivity contribution in [3.05, 3.63) is 77.6 Å². The van der Waals surface area contributed by atoms with Gasteiger partial charge in [0.15, 0.2) is 6.61 Å². The van der Waals surface area contributed by atoms with Crippen LogP contribution >= 0.6 is 0 Å². The van der Waals surface area contributed by atoms with Crippen molar-refractivity contribution in [2.45, 2.75) is 25.9 Å². The maximum atomic E-state index is 11.9. The Kier molecular flexibility index (Phi) is 4.69. The van der Waals surface area contributed by atoms with Gasteiger partial charge >= 0.3 is 5.97 Å². The Morgan fingerprint density at radius 1 is 1.08 bits per heavy atom. The highest BCUT2D eigenvalue weighted by molar-refractivity contribution is 5.71. The van der Waals surface area contributed by atoms with E-state index in [4.69, 9.17) is 9.47 Å². The number of esters is 1. The monoisotopic (exact) mass is 348 g/mol. The number of carbonyl (C=O) groups excluding carboxylic acids is 1. The molecular formula is C21H20N2O3. The number of hydrogen-bond acceptors (Lipinski definition) is 4. The molecule has 0 fully saturated rings. The minimum Gasteiger partial charge on any atom is -0.482 e. The lowest BCUT2D eigenvalue weighted by Crippen LogP contribution is -2.14. The maximum absolute atomic E-state index is 11.9. The highest BCUT2D eigenvalue weighted by Crippen LogP contribution is 2.26. The Morgan fingerprint density at radius 3 is 2.73 bits per heavy atom. The fourth-order valence-electron chi connectivity index (χ4n) is 3.15. The van der Waals surface area contributed by atoms with E-state index in [1.807, 2.05) is 48.7 Å². The summed E-state index contributed by atoms with van der Waals surface area (Å²) < 4.78 is 12.6. The Morgan fingerprint density at radius 2 is 1.92 bits per heavy atom. The minimum atomic E-state index is -0.373. The number of hydrogen-bond donors (Lipinski definition) is 0. The average molecular weight is 348 g/mol. The number of aryl methyl sites for hydroxylation is 2. The fraction of sp³-hybridized carbons (Fsp3) is 0.238.